The van der Waals surface area contributed by atoms with Crippen molar-refractivity contribution in [2.45, 2.75) is 19.0 Å². The molecule has 3 nitrogen and oxygen atoms in total. The highest BCUT2D eigenvalue weighted by Gasteiger charge is 2.50. The molecule has 0 heterocycles. The summed E-state index contributed by atoms with van der Waals surface area (Å²) in [7, 11) is 1.04. The van der Waals surface area contributed by atoms with Crippen molar-refractivity contribution in [3.63, 3.8) is 0 Å². The van der Waals surface area contributed by atoms with Gasteiger partial charge in [0.1, 0.15) is 5.82 Å². The lowest BCUT2D eigenvalue weighted by Crippen LogP contribution is -2.38. The molecule has 0 amide bonds. The average Bonchev–Trinajstić information content (AvgIpc) is 2.32. The van der Waals surface area contributed by atoms with Gasteiger partial charge in [-0.1, -0.05) is 12.1 Å². The fourth-order valence-electron chi connectivity index (χ4n) is 1.47. The number of benzene rings is 1. The zero-order valence-electron chi connectivity index (χ0n) is 9.95. The lowest BCUT2D eigenvalue weighted by atomic mass is 10.0. The van der Waals surface area contributed by atoms with Crippen molar-refractivity contribution in [1.29, 1.82) is 0 Å². The van der Waals surface area contributed by atoms with E-state index >= 15 is 0 Å². The van der Waals surface area contributed by atoms with E-state index in [2.05, 4.69) is 9.47 Å². The van der Waals surface area contributed by atoms with Crippen molar-refractivity contribution in [2.75, 3.05) is 13.7 Å². The number of hydrogen-bond acceptors (Lipinski definition) is 3. The molecule has 6 heteroatoms. The molecule has 100 valence electrons. The Kier molecular flexibility index (Phi) is 4.72. The van der Waals surface area contributed by atoms with E-state index in [9.17, 15) is 18.0 Å². The topological polar surface area (TPSA) is 35.5 Å². The van der Waals surface area contributed by atoms with Gasteiger partial charge in [0, 0.05) is 7.11 Å². The number of rotatable bonds is 5. The molecule has 1 unspecified atom stereocenters. The molecule has 0 aliphatic rings. The highest BCUT2D eigenvalue weighted by molar-refractivity contribution is 5.78. The predicted molar refractivity (Wildman–Crippen MR) is 57.7 cm³/mol. The number of halogens is 3. The van der Waals surface area contributed by atoms with Gasteiger partial charge in [0.25, 0.3) is 0 Å². The van der Waals surface area contributed by atoms with Gasteiger partial charge in [-0.15, -0.1) is 0 Å². The van der Waals surface area contributed by atoms with Gasteiger partial charge in [0.2, 0.25) is 0 Å². The molecule has 0 N–H and O–H groups in total. The van der Waals surface area contributed by atoms with Crippen molar-refractivity contribution in [1.82, 2.24) is 0 Å². The summed E-state index contributed by atoms with van der Waals surface area (Å²) in [6.45, 7) is 1.27. The Morgan fingerprint density at radius 1 is 1.33 bits per heavy atom. The van der Waals surface area contributed by atoms with Crippen LogP contribution in [0.1, 0.15) is 18.6 Å². The molecule has 0 aliphatic carbocycles. The minimum Gasteiger partial charge on any atom is -0.461 e. The number of hydrogen-bond donors (Lipinski definition) is 0. The van der Waals surface area contributed by atoms with Crippen molar-refractivity contribution < 1.29 is 27.4 Å². The minimum absolute atomic E-state index is 0.00282. The molecule has 18 heavy (non-hydrogen) atoms. The third-order valence-electron chi connectivity index (χ3n) is 2.29. The highest BCUT2D eigenvalue weighted by Crippen LogP contribution is 2.35. The maximum Gasteiger partial charge on any atom is 0.380 e. The molecule has 0 saturated heterocycles. The molecule has 1 rings (SSSR count). The molecule has 0 fully saturated rings. The Balaban J connectivity index is 3.01. The summed E-state index contributed by atoms with van der Waals surface area (Å²) < 4.78 is 49.2. The van der Waals surface area contributed by atoms with Crippen LogP contribution in [0, 0.1) is 5.82 Å². The smallest absolute Gasteiger partial charge is 0.380 e. The molecule has 0 aliphatic heterocycles. The standard InChI is InChI=1S/C12H13F3O3/c1-3-18-11(16)12(14,15)10(17-2)8-4-6-9(13)7-5-8/h4-7,10H,3H2,1-2H3. The van der Waals surface area contributed by atoms with Gasteiger partial charge in [0.15, 0.2) is 6.10 Å². The van der Waals surface area contributed by atoms with Crippen LogP contribution in [0.3, 0.4) is 0 Å². The molecule has 1 atom stereocenters. The maximum absolute atomic E-state index is 13.8. The lowest BCUT2D eigenvalue weighted by Gasteiger charge is -2.24. The zero-order valence-corrected chi connectivity index (χ0v) is 9.95. The van der Waals surface area contributed by atoms with E-state index in [4.69, 9.17) is 0 Å². The Morgan fingerprint density at radius 3 is 2.33 bits per heavy atom. The summed E-state index contributed by atoms with van der Waals surface area (Å²) in [4.78, 5) is 11.2. The fraction of sp³-hybridized carbons (Fsp3) is 0.417. The number of carbonyl (C=O) groups excluding carboxylic acids is 1. The van der Waals surface area contributed by atoms with E-state index < -0.39 is 23.8 Å². The normalized spacial score (nSPS) is 13.2. The van der Waals surface area contributed by atoms with Crippen LogP contribution in [0.25, 0.3) is 0 Å². The molecular weight excluding hydrogens is 249 g/mol. The van der Waals surface area contributed by atoms with Crippen LogP contribution in [-0.4, -0.2) is 25.6 Å². The summed E-state index contributed by atoms with van der Waals surface area (Å²) >= 11 is 0. The van der Waals surface area contributed by atoms with Crippen LogP contribution in [0.2, 0.25) is 0 Å². The summed E-state index contributed by atoms with van der Waals surface area (Å²) in [6.07, 6.45) is -1.81. The average molecular weight is 262 g/mol. The number of esters is 1. The second-order valence-corrected chi connectivity index (χ2v) is 3.51. The van der Waals surface area contributed by atoms with Gasteiger partial charge in [-0.2, -0.15) is 8.78 Å². The van der Waals surface area contributed by atoms with E-state index in [0.717, 1.165) is 31.4 Å². The van der Waals surface area contributed by atoms with Crippen LogP contribution in [0.4, 0.5) is 13.2 Å². The van der Waals surface area contributed by atoms with E-state index in [-0.39, 0.29) is 12.2 Å². The zero-order chi connectivity index (χ0) is 13.8. The van der Waals surface area contributed by atoms with Gasteiger partial charge in [-0.05, 0) is 24.6 Å². The number of carbonyl (C=O) groups is 1. The Morgan fingerprint density at radius 2 is 1.89 bits per heavy atom. The second-order valence-electron chi connectivity index (χ2n) is 3.51. The first kappa shape index (κ1) is 14.5. The molecule has 0 bridgehead atoms. The van der Waals surface area contributed by atoms with Crippen LogP contribution in [-0.2, 0) is 14.3 Å². The van der Waals surface area contributed by atoms with Crippen molar-refractivity contribution >= 4 is 5.97 Å². The van der Waals surface area contributed by atoms with E-state index in [1.54, 1.807) is 0 Å². The van der Waals surface area contributed by atoms with Crippen molar-refractivity contribution in [3.8, 4) is 0 Å². The third-order valence-corrected chi connectivity index (χ3v) is 2.29. The molecular formula is C12H13F3O3. The summed E-state index contributed by atoms with van der Waals surface area (Å²) in [6, 6.07) is 4.30. The van der Waals surface area contributed by atoms with Crippen LogP contribution in [0.5, 0.6) is 0 Å². The maximum atomic E-state index is 13.8. The molecule has 0 aromatic heterocycles. The van der Waals surface area contributed by atoms with Gasteiger partial charge in [-0.3, -0.25) is 0 Å². The second kappa shape index (κ2) is 5.86. The predicted octanol–water partition coefficient (Wildman–Crippen LogP) is 2.71. The highest BCUT2D eigenvalue weighted by atomic mass is 19.3. The largest absolute Gasteiger partial charge is 0.461 e. The number of alkyl halides is 2. The number of methoxy groups -OCH3 is 1. The SMILES string of the molecule is CCOC(=O)C(F)(F)C(OC)c1ccc(F)cc1. The van der Waals surface area contributed by atoms with Gasteiger partial charge < -0.3 is 9.47 Å². The molecule has 0 spiro atoms. The minimum atomic E-state index is -3.83. The summed E-state index contributed by atoms with van der Waals surface area (Å²) in [5, 5.41) is 0. The first-order chi connectivity index (χ1) is 8.43. The van der Waals surface area contributed by atoms with Crippen LogP contribution >= 0.6 is 0 Å². The molecule has 1 aromatic carbocycles. The van der Waals surface area contributed by atoms with Gasteiger partial charge >= 0.3 is 11.9 Å². The molecule has 0 radical (unpaired) electrons. The van der Waals surface area contributed by atoms with Crippen molar-refractivity contribution in [3.05, 3.63) is 35.6 Å². The molecule has 1 aromatic rings. The summed E-state index contributed by atoms with van der Waals surface area (Å²) in [5.74, 6) is -6.06. The first-order valence-corrected chi connectivity index (χ1v) is 5.26. The fourth-order valence-corrected chi connectivity index (χ4v) is 1.47. The van der Waals surface area contributed by atoms with E-state index in [1.807, 2.05) is 0 Å². The van der Waals surface area contributed by atoms with Crippen LogP contribution in [0.15, 0.2) is 24.3 Å². The van der Waals surface area contributed by atoms with Crippen molar-refractivity contribution in [2.24, 2.45) is 0 Å². The summed E-state index contributed by atoms with van der Waals surface area (Å²) in [5.41, 5.74) is -0.00282. The number of ether oxygens (including phenoxy) is 2. The van der Waals surface area contributed by atoms with Gasteiger partial charge in [-0.25, -0.2) is 9.18 Å². The molecule has 0 saturated carbocycles. The third kappa shape index (κ3) is 3.01. The van der Waals surface area contributed by atoms with Gasteiger partial charge in [0.05, 0.1) is 6.61 Å². The van der Waals surface area contributed by atoms with Crippen LogP contribution < -0.4 is 0 Å². The Hall–Kier alpha value is -1.56. The Bertz CT molecular complexity index is 404. The van der Waals surface area contributed by atoms with E-state index in [1.165, 1.54) is 6.92 Å². The monoisotopic (exact) mass is 262 g/mol. The van der Waals surface area contributed by atoms with E-state index in [0.29, 0.717) is 0 Å². The Labute approximate surface area is 103 Å². The lowest BCUT2D eigenvalue weighted by molar-refractivity contribution is -0.192. The first-order valence-electron chi connectivity index (χ1n) is 5.26. The quantitative estimate of drug-likeness (QED) is 0.765.